The van der Waals surface area contributed by atoms with Gasteiger partial charge in [0.2, 0.25) is 0 Å². The highest BCUT2D eigenvalue weighted by atomic mass is 19.3. The zero-order valence-corrected chi connectivity index (χ0v) is 22.6. The fourth-order valence-corrected chi connectivity index (χ4v) is 4.68. The lowest BCUT2D eigenvalue weighted by molar-refractivity contribution is 0.0171. The van der Waals surface area contributed by atoms with Crippen LogP contribution in [0.25, 0.3) is 5.57 Å². The fraction of sp³-hybridized carbons (Fsp3) is 0.345. The van der Waals surface area contributed by atoms with Crippen LogP contribution in [0.3, 0.4) is 0 Å². The second-order valence-electron chi connectivity index (χ2n) is 9.78. The number of anilines is 2. The van der Waals surface area contributed by atoms with Crippen LogP contribution in [0.4, 0.5) is 25.2 Å². The van der Waals surface area contributed by atoms with Crippen molar-refractivity contribution in [3.05, 3.63) is 84.1 Å². The summed E-state index contributed by atoms with van der Waals surface area (Å²) in [5.74, 6) is -1.95. The monoisotopic (exact) mass is 548 g/mol. The highest BCUT2D eigenvalue weighted by Gasteiger charge is 2.31. The van der Waals surface area contributed by atoms with Crippen LogP contribution in [-0.4, -0.2) is 46.3 Å². The number of hydrogen-bond acceptors (Lipinski definition) is 7. The zero-order valence-electron chi connectivity index (χ0n) is 22.6. The number of hydrogen-bond donors (Lipinski definition) is 4. The molecule has 2 amide bonds. The second-order valence-corrected chi connectivity index (χ2v) is 9.78. The van der Waals surface area contributed by atoms with Gasteiger partial charge in [0.15, 0.2) is 5.82 Å². The van der Waals surface area contributed by atoms with Crippen molar-refractivity contribution in [2.24, 2.45) is 0 Å². The molecule has 11 heteroatoms. The number of allylic oxidation sites excluding steroid dienone is 1. The standard InChI is InChI=1S/C29H34F2N8O/c1-29(30,31)22-8-13-26(35-17-22)38-23-9-11-24(12-10-23)39(28(40)37-15-20-6-4-3-5-7-20)27-19-34-25(18-36-27)21(14-32)16-33-2/h3-8,13-14,16-19,23-24,32-33H,9-12,15H2,1-2H3,(H,35,38)(H,37,40)/b21-16+,32-14?. The number of amides is 2. The molecule has 0 radical (unpaired) electrons. The Hall–Kier alpha value is -4.41. The summed E-state index contributed by atoms with van der Waals surface area (Å²) in [6.45, 7) is 1.23. The first-order valence-electron chi connectivity index (χ1n) is 13.2. The summed E-state index contributed by atoms with van der Waals surface area (Å²) >= 11 is 0. The number of halogens is 2. The molecule has 0 saturated heterocycles. The van der Waals surface area contributed by atoms with E-state index in [1.54, 1.807) is 36.6 Å². The Labute approximate surface area is 232 Å². The molecule has 1 fully saturated rings. The highest BCUT2D eigenvalue weighted by Crippen LogP contribution is 2.30. The van der Waals surface area contributed by atoms with Gasteiger partial charge in [0.05, 0.1) is 18.1 Å². The number of nitrogens with one attached hydrogen (secondary N) is 4. The van der Waals surface area contributed by atoms with E-state index in [1.165, 1.54) is 18.5 Å². The predicted octanol–water partition coefficient (Wildman–Crippen LogP) is 5.33. The van der Waals surface area contributed by atoms with E-state index < -0.39 is 5.92 Å². The Morgan fingerprint density at radius 2 is 1.80 bits per heavy atom. The van der Waals surface area contributed by atoms with E-state index >= 15 is 0 Å². The van der Waals surface area contributed by atoms with Crippen molar-refractivity contribution >= 4 is 29.5 Å². The van der Waals surface area contributed by atoms with Crippen LogP contribution >= 0.6 is 0 Å². The molecule has 1 aromatic carbocycles. The number of nitrogens with zero attached hydrogens (tertiary/aromatic N) is 4. The third-order valence-corrected chi connectivity index (χ3v) is 6.83. The van der Waals surface area contributed by atoms with Crippen molar-refractivity contribution in [2.75, 3.05) is 17.3 Å². The van der Waals surface area contributed by atoms with Gasteiger partial charge in [0.1, 0.15) is 5.82 Å². The first-order valence-corrected chi connectivity index (χ1v) is 13.2. The van der Waals surface area contributed by atoms with E-state index in [4.69, 9.17) is 5.41 Å². The molecule has 1 aliphatic carbocycles. The highest BCUT2D eigenvalue weighted by molar-refractivity contribution is 6.07. The number of aromatic nitrogens is 3. The molecule has 0 spiro atoms. The molecule has 3 aromatic rings. The van der Waals surface area contributed by atoms with Gasteiger partial charge in [-0.1, -0.05) is 30.3 Å². The summed E-state index contributed by atoms with van der Waals surface area (Å²) in [7, 11) is 1.74. The van der Waals surface area contributed by atoms with Crippen molar-refractivity contribution in [3.8, 4) is 0 Å². The molecular formula is C29H34F2N8O. The quantitative estimate of drug-likeness (QED) is 0.254. The molecule has 1 saturated carbocycles. The summed E-state index contributed by atoms with van der Waals surface area (Å²) in [5, 5.41) is 16.9. The largest absolute Gasteiger partial charge is 0.393 e. The third kappa shape index (κ3) is 7.37. The maximum atomic E-state index is 13.5. The summed E-state index contributed by atoms with van der Waals surface area (Å²) in [4.78, 5) is 28.3. The van der Waals surface area contributed by atoms with E-state index in [0.717, 1.165) is 25.3 Å². The molecule has 210 valence electrons. The number of pyridine rings is 1. The molecule has 0 aliphatic heterocycles. The third-order valence-electron chi connectivity index (χ3n) is 6.83. The topological polar surface area (TPSA) is 119 Å². The van der Waals surface area contributed by atoms with Gasteiger partial charge in [0.25, 0.3) is 5.92 Å². The molecule has 2 aromatic heterocycles. The van der Waals surface area contributed by atoms with Gasteiger partial charge >= 0.3 is 6.03 Å². The molecular weight excluding hydrogens is 514 g/mol. The average Bonchev–Trinajstić information content (AvgIpc) is 2.97. The minimum absolute atomic E-state index is 0.0984. The number of benzene rings is 1. The van der Waals surface area contributed by atoms with Gasteiger partial charge in [-0.15, -0.1) is 0 Å². The average molecular weight is 549 g/mol. The van der Waals surface area contributed by atoms with Gasteiger partial charge < -0.3 is 21.4 Å². The lowest BCUT2D eigenvalue weighted by Crippen LogP contribution is -2.49. The molecule has 4 N–H and O–H groups in total. The molecule has 0 unspecified atom stereocenters. The summed E-state index contributed by atoms with van der Waals surface area (Å²) in [6, 6.07) is 12.4. The lowest BCUT2D eigenvalue weighted by atomic mass is 9.90. The van der Waals surface area contributed by atoms with Gasteiger partial charge in [0, 0.05) is 62.3 Å². The predicted molar refractivity (Wildman–Crippen MR) is 152 cm³/mol. The van der Waals surface area contributed by atoms with E-state index in [-0.39, 0.29) is 23.7 Å². The second kappa shape index (κ2) is 13.1. The first kappa shape index (κ1) is 28.6. The lowest BCUT2D eigenvalue weighted by Gasteiger charge is -2.36. The van der Waals surface area contributed by atoms with Crippen molar-refractivity contribution < 1.29 is 13.6 Å². The zero-order chi connectivity index (χ0) is 28.5. The normalized spacial score (nSPS) is 17.6. The maximum Gasteiger partial charge on any atom is 0.323 e. The van der Waals surface area contributed by atoms with E-state index in [2.05, 4.69) is 30.9 Å². The van der Waals surface area contributed by atoms with Gasteiger partial charge in [-0.05, 0) is 43.4 Å². The van der Waals surface area contributed by atoms with Crippen LogP contribution in [0.15, 0.2) is 67.3 Å². The number of carbonyl (C=O) groups excluding carboxylic acids is 1. The van der Waals surface area contributed by atoms with Crippen molar-refractivity contribution in [1.82, 2.24) is 25.6 Å². The van der Waals surface area contributed by atoms with E-state index in [9.17, 15) is 13.6 Å². The first-order chi connectivity index (χ1) is 19.3. The van der Waals surface area contributed by atoms with Crippen molar-refractivity contribution in [2.45, 2.75) is 57.2 Å². The van der Waals surface area contributed by atoms with Crippen LogP contribution in [0.5, 0.6) is 0 Å². The Bertz CT molecular complexity index is 1290. The molecule has 2 heterocycles. The van der Waals surface area contributed by atoms with Crippen molar-refractivity contribution in [3.63, 3.8) is 0 Å². The van der Waals surface area contributed by atoms with Crippen molar-refractivity contribution in [1.29, 1.82) is 5.41 Å². The number of urea groups is 1. The smallest absolute Gasteiger partial charge is 0.323 e. The number of rotatable bonds is 10. The summed E-state index contributed by atoms with van der Waals surface area (Å²) in [5.41, 5.74) is 1.94. The number of carbonyl (C=O) groups is 1. The molecule has 0 atom stereocenters. The van der Waals surface area contributed by atoms with Crippen LogP contribution in [0.2, 0.25) is 0 Å². The van der Waals surface area contributed by atoms with Crippen LogP contribution in [0, 0.1) is 5.41 Å². The van der Waals surface area contributed by atoms with E-state index in [1.807, 2.05) is 30.3 Å². The molecule has 0 bridgehead atoms. The van der Waals surface area contributed by atoms with Crippen LogP contribution < -0.4 is 20.9 Å². The Kier molecular flexibility index (Phi) is 9.36. The summed E-state index contributed by atoms with van der Waals surface area (Å²) < 4.78 is 27.0. The minimum Gasteiger partial charge on any atom is -0.393 e. The van der Waals surface area contributed by atoms with Crippen LogP contribution in [0.1, 0.15) is 49.4 Å². The van der Waals surface area contributed by atoms with Gasteiger partial charge in [-0.2, -0.15) is 0 Å². The number of alkyl halides is 2. The maximum absolute atomic E-state index is 13.5. The SMILES string of the molecule is CN/C=C(\C=N)c1cnc(N(C(=O)NCc2ccccc2)C2CCC(Nc3ccc(C(C)(F)F)cn3)CC2)cn1. The van der Waals surface area contributed by atoms with Gasteiger partial charge in [-0.3, -0.25) is 9.88 Å². The Morgan fingerprint density at radius 1 is 1.05 bits per heavy atom. The molecule has 1 aliphatic rings. The summed E-state index contributed by atoms with van der Waals surface area (Å²) in [6.07, 6.45) is 10.1. The molecule has 9 nitrogen and oxygen atoms in total. The Morgan fingerprint density at radius 3 is 2.38 bits per heavy atom. The van der Waals surface area contributed by atoms with E-state index in [0.29, 0.717) is 42.3 Å². The molecule has 40 heavy (non-hydrogen) atoms. The molecule has 4 rings (SSSR count). The van der Waals surface area contributed by atoms with Crippen LogP contribution in [-0.2, 0) is 12.5 Å². The fourth-order valence-electron chi connectivity index (χ4n) is 4.68. The Balaban J connectivity index is 1.46. The minimum atomic E-state index is -2.93. The van der Waals surface area contributed by atoms with Gasteiger partial charge in [-0.25, -0.2) is 23.5 Å².